The molecule has 2 nitrogen and oxygen atoms in total. The lowest BCUT2D eigenvalue weighted by molar-refractivity contribution is 0.586. The molecule has 0 N–H and O–H groups in total. The van der Waals surface area contributed by atoms with Crippen molar-refractivity contribution in [3.63, 3.8) is 0 Å². The first kappa shape index (κ1) is 14.0. The molecule has 0 fully saturated rings. The van der Waals surface area contributed by atoms with Gasteiger partial charge in [-0.2, -0.15) is 0 Å². The lowest BCUT2D eigenvalue weighted by atomic mass is 10.1. The third-order valence-corrected chi connectivity index (χ3v) is 5.93. The maximum absolute atomic E-state index is 11.4. The van der Waals surface area contributed by atoms with E-state index in [1.807, 2.05) is 24.3 Å². The number of sulfone groups is 1. The molecule has 1 aromatic rings. The summed E-state index contributed by atoms with van der Waals surface area (Å²) in [5.41, 5.74) is 1.07. The molecule has 2 unspecified atom stereocenters. The number of hydrogen-bond donors (Lipinski definition) is 0. The largest absolute Gasteiger partial charge is 0.229 e. The molecule has 1 aromatic carbocycles. The number of alkyl halides is 1. The summed E-state index contributed by atoms with van der Waals surface area (Å²) < 4.78 is 22.7. The molecule has 0 saturated carbocycles. The highest BCUT2D eigenvalue weighted by Crippen LogP contribution is 2.19. The monoisotopic (exact) mass is 324 g/mol. The summed E-state index contributed by atoms with van der Waals surface area (Å²) in [4.78, 5) is -0.0799. The summed E-state index contributed by atoms with van der Waals surface area (Å²) in [6.07, 6.45) is 1.93. The van der Waals surface area contributed by atoms with E-state index in [2.05, 4.69) is 15.9 Å². The van der Waals surface area contributed by atoms with Gasteiger partial charge in [0.15, 0.2) is 9.84 Å². The van der Waals surface area contributed by atoms with Gasteiger partial charge >= 0.3 is 0 Å². The maximum atomic E-state index is 11.4. The van der Waals surface area contributed by atoms with Crippen LogP contribution in [0.3, 0.4) is 0 Å². The fourth-order valence-corrected chi connectivity index (χ4v) is 3.59. The van der Waals surface area contributed by atoms with Crippen molar-refractivity contribution in [2.75, 3.05) is 6.26 Å². The van der Waals surface area contributed by atoms with Gasteiger partial charge in [-0.15, -0.1) is 0 Å². The zero-order valence-electron chi connectivity index (χ0n) is 9.15. The van der Waals surface area contributed by atoms with Crippen LogP contribution < -0.4 is 0 Å². The number of rotatable bonds is 4. The Kier molecular flexibility index (Phi) is 4.83. The Morgan fingerprint density at radius 2 is 1.81 bits per heavy atom. The second kappa shape index (κ2) is 5.52. The third-order valence-electron chi connectivity index (χ3n) is 2.53. The Labute approximate surface area is 110 Å². The van der Waals surface area contributed by atoms with E-state index in [1.54, 1.807) is 6.92 Å². The van der Waals surface area contributed by atoms with Gasteiger partial charge in [0.2, 0.25) is 0 Å². The van der Waals surface area contributed by atoms with E-state index in [0.29, 0.717) is 11.4 Å². The van der Waals surface area contributed by atoms with Gasteiger partial charge < -0.3 is 0 Å². The minimum Gasteiger partial charge on any atom is -0.229 e. The van der Waals surface area contributed by atoms with Crippen molar-refractivity contribution in [1.29, 1.82) is 0 Å². The molecule has 0 heterocycles. The van der Waals surface area contributed by atoms with Crippen molar-refractivity contribution >= 4 is 37.4 Å². The summed E-state index contributed by atoms with van der Waals surface area (Å²) >= 11 is 9.20. The van der Waals surface area contributed by atoms with E-state index >= 15 is 0 Å². The average Bonchev–Trinajstić information content (AvgIpc) is 2.19. The van der Waals surface area contributed by atoms with Gasteiger partial charge in [0.1, 0.15) is 0 Å². The topological polar surface area (TPSA) is 34.1 Å². The second-order valence-corrected chi connectivity index (χ2v) is 7.90. The Balaban J connectivity index is 2.71. The van der Waals surface area contributed by atoms with Crippen LogP contribution in [0.1, 0.15) is 12.5 Å². The fourth-order valence-electron chi connectivity index (χ4n) is 1.28. The van der Waals surface area contributed by atoms with Crippen molar-refractivity contribution in [2.24, 2.45) is 0 Å². The Morgan fingerprint density at radius 3 is 2.25 bits per heavy atom. The quantitative estimate of drug-likeness (QED) is 0.797. The molecule has 1 rings (SSSR count). The molecule has 0 aliphatic rings. The normalized spacial score (nSPS) is 15.8. The van der Waals surface area contributed by atoms with E-state index < -0.39 is 15.1 Å². The van der Waals surface area contributed by atoms with Gasteiger partial charge in [0.25, 0.3) is 0 Å². The predicted molar refractivity (Wildman–Crippen MR) is 72.2 cm³/mol. The van der Waals surface area contributed by atoms with E-state index in [9.17, 15) is 8.42 Å². The molecule has 0 saturated heterocycles. The van der Waals surface area contributed by atoms with Gasteiger partial charge in [-0.1, -0.05) is 39.7 Å². The van der Waals surface area contributed by atoms with Crippen LogP contribution in [0, 0.1) is 0 Å². The number of halogens is 2. The van der Waals surface area contributed by atoms with Crippen LogP contribution in [0.15, 0.2) is 24.3 Å². The highest BCUT2D eigenvalue weighted by Gasteiger charge is 2.23. The van der Waals surface area contributed by atoms with Crippen LogP contribution in [0.25, 0.3) is 0 Å². The van der Waals surface area contributed by atoms with Gasteiger partial charge in [0.05, 0.1) is 5.25 Å². The zero-order chi connectivity index (χ0) is 12.3. The minimum absolute atomic E-state index is 0.0799. The molecule has 5 heteroatoms. The molecule has 0 bridgehead atoms. The van der Waals surface area contributed by atoms with Crippen LogP contribution in [0.4, 0.5) is 0 Å². The van der Waals surface area contributed by atoms with Crippen molar-refractivity contribution in [1.82, 2.24) is 0 Å². The van der Waals surface area contributed by atoms with Gasteiger partial charge in [0, 0.05) is 16.1 Å². The molecule has 90 valence electrons. The van der Waals surface area contributed by atoms with Crippen LogP contribution in [-0.4, -0.2) is 24.8 Å². The summed E-state index contributed by atoms with van der Waals surface area (Å²) in [5, 5.41) is 0.286. The van der Waals surface area contributed by atoms with Crippen molar-refractivity contribution in [2.45, 2.75) is 23.4 Å². The summed E-state index contributed by atoms with van der Waals surface area (Å²) in [5.74, 6) is 0. The third kappa shape index (κ3) is 4.07. The summed E-state index contributed by atoms with van der Waals surface area (Å²) in [6.45, 7) is 1.71. The molecule has 0 spiro atoms. The number of benzene rings is 1. The van der Waals surface area contributed by atoms with E-state index in [4.69, 9.17) is 11.6 Å². The lowest BCUT2D eigenvalue weighted by Gasteiger charge is -2.16. The molecule has 0 aromatic heterocycles. The summed E-state index contributed by atoms with van der Waals surface area (Å²) in [7, 11) is -3.00. The van der Waals surface area contributed by atoms with Crippen molar-refractivity contribution < 1.29 is 8.42 Å². The molecular formula is C11H14BrClO2S. The van der Waals surface area contributed by atoms with E-state index in [-0.39, 0.29) is 4.83 Å². The highest BCUT2D eigenvalue weighted by atomic mass is 79.9. The average molecular weight is 326 g/mol. The molecular weight excluding hydrogens is 312 g/mol. The highest BCUT2D eigenvalue weighted by molar-refractivity contribution is 9.09. The van der Waals surface area contributed by atoms with Gasteiger partial charge in [-0.3, -0.25) is 0 Å². The SMILES string of the molecule is CC(C(Br)Cc1ccc(Cl)cc1)S(C)(=O)=O. The van der Waals surface area contributed by atoms with Crippen molar-refractivity contribution in [3.8, 4) is 0 Å². The first-order valence-electron chi connectivity index (χ1n) is 4.88. The Bertz CT molecular complexity index is 442. The van der Waals surface area contributed by atoms with Gasteiger partial charge in [-0.05, 0) is 31.0 Å². The maximum Gasteiger partial charge on any atom is 0.151 e. The van der Waals surface area contributed by atoms with Crippen LogP contribution in [-0.2, 0) is 16.3 Å². The predicted octanol–water partition coefficient (Wildman–Crippen LogP) is 3.08. The zero-order valence-corrected chi connectivity index (χ0v) is 12.3. The number of hydrogen-bond acceptors (Lipinski definition) is 2. The first-order chi connectivity index (χ1) is 7.30. The first-order valence-corrected chi connectivity index (χ1v) is 8.13. The molecule has 16 heavy (non-hydrogen) atoms. The molecule has 0 aliphatic heterocycles. The van der Waals surface area contributed by atoms with Crippen LogP contribution >= 0.6 is 27.5 Å². The van der Waals surface area contributed by atoms with Gasteiger partial charge in [-0.25, -0.2) is 8.42 Å². The fraction of sp³-hybridized carbons (Fsp3) is 0.455. The minimum atomic E-state index is -3.00. The molecule has 0 amide bonds. The summed E-state index contributed by atoms with van der Waals surface area (Å²) in [6, 6.07) is 7.43. The Hall–Kier alpha value is -0.0600. The van der Waals surface area contributed by atoms with Crippen LogP contribution in [0.5, 0.6) is 0 Å². The second-order valence-electron chi connectivity index (χ2n) is 3.88. The van der Waals surface area contributed by atoms with E-state index in [1.165, 1.54) is 6.26 Å². The lowest BCUT2D eigenvalue weighted by Crippen LogP contribution is -2.27. The molecule has 0 radical (unpaired) electrons. The van der Waals surface area contributed by atoms with E-state index in [0.717, 1.165) is 5.56 Å². The molecule has 2 atom stereocenters. The Morgan fingerprint density at radius 1 is 1.31 bits per heavy atom. The van der Waals surface area contributed by atoms with Crippen molar-refractivity contribution in [3.05, 3.63) is 34.9 Å². The standard InChI is InChI=1S/C11H14BrClO2S/c1-8(16(2,14)15)11(12)7-9-3-5-10(13)6-4-9/h3-6,8,11H,7H2,1-2H3. The van der Waals surface area contributed by atoms with Crippen LogP contribution in [0.2, 0.25) is 5.02 Å². The smallest absolute Gasteiger partial charge is 0.151 e. The molecule has 0 aliphatic carbocycles.